The molecule has 0 aliphatic carbocycles. The van der Waals surface area contributed by atoms with Crippen molar-refractivity contribution in [3.8, 4) is 5.75 Å². The molecule has 1 rings (SSSR count). The SMILES string of the molecule is CC(C)(C)[Si](C)(C)Oc1ccc(C=CCOC(=N)C(Cl)(Cl)Cl)cc1. The van der Waals surface area contributed by atoms with Crippen LogP contribution in [0.3, 0.4) is 0 Å². The van der Waals surface area contributed by atoms with Gasteiger partial charge in [0.15, 0.2) is 0 Å². The molecule has 0 aliphatic rings. The van der Waals surface area contributed by atoms with Gasteiger partial charge in [0.05, 0.1) is 0 Å². The molecule has 0 unspecified atom stereocenters. The van der Waals surface area contributed by atoms with Gasteiger partial charge in [0.1, 0.15) is 12.4 Å². The van der Waals surface area contributed by atoms with Crippen molar-refractivity contribution in [3.63, 3.8) is 0 Å². The lowest BCUT2D eigenvalue weighted by molar-refractivity contribution is 0.341. The Kier molecular flexibility index (Phi) is 7.24. The molecule has 3 nitrogen and oxygen atoms in total. The predicted octanol–water partition coefficient (Wildman–Crippen LogP) is 6.45. The van der Waals surface area contributed by atoms with Crippen LogP contribution in [-0.4, -0.2) is 24.6 Å². The first kappa shape index (κ1) is 21.4. The molecule has 0 bridgehead atoms. The molecule has 0 atom stereocenters. The summed E-state index contributed by atoms with van der Waals surface area (Å²) in [4.78, 5) is 0. The van der Waals surface area contributed by atoms with Gasteiger partial charge in [-0.1, -0.05) is 73.8 Å². The minimum Gasteiger partial charge on any atom is -0.544 e. The van der Waals surface area contributed by atoms with E-state index < -0.39 is 18.0 Å². The summed E-state index contributed by atoms with van der Waals surface area (Å²) in [5, 5.41) is 7.58. The molecule has 134 valence electrons. The van der Waals surface area contributed by atoms with Crippen molar-refractivity contribution in [2.75, 3.05) is 6.61 Å². The van der Waals surface area contributed by atoms with Crippen LogP contribution in [0.4, 0.5) is 0 Å². The largest absolute Gasteiger partial charge is 0.544 e. The fourth-order valence-corrected chi connectivity index (χ4v) is 2.69. The van der Waals surface area contributed by atoms with E-state index in [1.54, 1.807) is 6.08 Å². The topological polar surface area (TPSA) is 42.3 Å². The van der Waals surface area contributed by atoms with E-state index in [4.69, 9.17) is 49.4 Å². The third-order valence-electron chi connectivity index (χ3n) is 3.95. The number of halogens is 3. The Hall–Kier alpha value is -0.683. The molecule has 0 aromatic heterocycles. The quantitative estimate of drug-likeness (QED) is 0.263. The van der Waals surface area contributed by atoms with E-state index in [-0.39, 0.29) is 11.6 Å². The van der Waals surface area contributed by atoms with Gasteiger partial charge in [-0.3, -0.25) is 5.41 Å². The van der Waals surface area contributed by atoms with Gasteiger partial charge < -0.3 is 9.16 Å². The Morgan fingerprint density at radius 2 is 1.67 bits per heavy atom. The fraction of sp³-hybridized carbons (Fsp3) is 0.471. The van der Waals surface area contributed by atoms with Crippen LogP contribution in [0.25, 0.3) is 6.08 Å². The van der Waals surface area contributed by atoms with Gasteiger partial charge >= 0.3 is 0 Å². The standard InChI is InChI=1S/C17H24Cl3NO2Si/c1-16(2,3)24(4,5)23-14-10-8-13(9-11-14)7-6-12-22-15(21)17(18,19)20/h6-11,21H,12H2,1-5H3. The van der Waals surface area contributed by atoms with E-state index in [9.17, 15) is 0 Å². The highest BCUT2D eigenvalue weighted by molar-refractivity contribution is 6.76. The summed E-state index contributed by atoms with van der Waals surface area (Å²) in [7, 11) is -1.82. The number of nitrogens with one attached hydrogen (secondary N) is 1. The third kappa shape index (κ3) is 6.67. The highest BCUT2D eigenvalue weighted by atomic mass is 35.6. The summed E-state index contributed by atoms with van der Waals surface area (Å²) in [5.74, 6) is 0.489. The molecule has 0 radical (unpaired) electrons. The second kappa shape index (κ2) is 8.13. The van der Waals surface area contributed by atoms with E-state index in [0.29, 0.717) is 0 Å². The average molecular weight is 409 g/mol. The molecule has 1 N–H and O–H groups in total. The smallest absolute Gasteiger partial charge is 0.265 e. The predicted molar refractivity (Wildman–Crippen MR) is 107 cm³/mol. The van der Waals surface area contributed by atoms with Gasteiger partial charge in [-0.15, -0.1) is 0 Å². The molecule has 0 saturated carbocycles. The molecule has 0 saturated heterocycles. The van der Waals surface area contributed by atoms with Gasteiger partial charge in [-0.25, -0.2) is 0 Å². The monoisotopic (exact) mass is 407 g/mol. The van der Waals surface area contributed by atoms with Crippen molar-refractivity contribution >= 4 is 55.1 Å². The summed E-state index contributed by atoms with van der Waals surface area (Å²) in [5.41, 5.74) is 1.00. The number of rotatable bonds is 5. The maximum Gasteiger partial charge on any atom is 0.265 e. The molecular weight excluding hydrogens is 385 g/mol. The van der Waals surface area contributed by atoms with Crippen LogP contribution in [0.2, 0.25) is 18.1 Å². The van der Waals surface area contributed by atoms with Crippen LogP contribution in [-0.2, 0) is 4.74 Å². The number of benzene rings is 1. The summed E-state index contributed by atoms with van der Waals surface area (Å²) < 4.78 is 9.45. The second-order valence-electron chi connectivity index (χ2n) is 6.97. The lowest BCUT2D eigenvalue weighted by Gasteiger charge is -2.36. The van der Waals surface area contributed by atoms with E-state index in [1.807, 2.05) is 30.3 Å². The average Bonchev–Trinajstić information content (AvgIpc) is 2.42. The van der Waals surface area contributed by atoms with Crippen LogP contribution in [0.5, 0.6) is 5.75 Å². The van der Waals surface area contributed by atoms with Crippen molar-refractivity contribution < 1.29 is 9.16 Å². The minimum absolute atomic E-state index is 0.162. The maximum atomic E-state index is 7.42. The zero-order valence-corrected chi connectivity index (χ0v) is 17.9. The highest BCUT2D eigenvalue weighted by Crippen LogP contribution is 2.37. The molecule has 0 amide bonds. The van der Waals surface area contributed by atoms with Crippen molar-refractivity contribution in [1.29, 1.82) is 5.41 Å². The van der Waals surface area contributed by atoms with E-state index in [2.05, 4.69) is 33.9 Å². The Bertz CT molecular complexity index is 587. The minimum atomic E-state index is -1.82. The first-order valence-corrected chi connectivity index (χ1v) is 11.6. The first-order valence-electron chi connectivity index (χ1n) is 7.57. The zero-order valence-electron chi connectivity index (χ0n) is 14.6. The van der Waals surface area contributed by atoms with Gasteiger partial charge in [-0.2, -0.15) is 0 Å². The summed E-state index contributed by atoms with van der Waals surface area (Å²) >= 11 is 16.6. The van der Waals surface area contributed by atoms with Crippen LogP contribution in [0, 0.1) is 5.41 Å². The second-order valence-corrected chi connectivity index (χ2v) is 14.0. The molecule has 1 aromatic rings. The van der Waals surface area contributed by atoms with E-state index in [0.717, 1.165) is 11.3 Å². The summed E-state index contributed by atoms with van der Waals surface area (Å²) in [6, 6.07) is 7.87. The van der Waals surface area contributed by atoms with Crippen molar-refractivity contribution in [3.05, 3.63) is 35.9 Å². The summed E-state index contributed by atoms with van der Waals surface area (Å²) in [6.07, 6.45) is 3.64. The summed E-state index contributed by atoms with van der Waals surface area (Å²) in [6.45, 7) is 11.2. The van der Waals surface area contributed by atoms with Crippen LogP contribution < -0.4 is 4.43 Å². The van der Waals surface area contributed by atoms with Gasteiger partial charge in [-0.05, 0) is 41.9 Å². The molecule has 0 heterocycles. The van der Waals surface area contributed by atoms with Crippen molar-refractivity contribution in [2.45, 2.75) is 42.7 Å². The van der Waals surface area contributed by atoms with Crippen LogP contribution >= 0.6 is 34.8 Å². The number of alkyl halides is 3. The van der Waals surface area contributed by atoms with Gasteiger partial charge in [0, 0.05) is 0 Å². The van der Waals surface area contributed by atoms with E-state index >= 15 is 0 Å². The Morgan fingerprint density at radius 1 is 1.12 bits per heavy atom. The fourth-order valence-electron chi connectivity index (χ4n) is 1.49. The van der Waals surface area contributed by atoms with Gasteiger partial charge in [0.25, 0.3) is 3.79 Å². The molecule has 24 heavy (non-hydrogen) atoms. The van der Waals surface area contributed by atoms with Crippen molar-refractivity contribution in [1.82, 2.24) is 0 Å². The molecule has 0 spiro atoms. The number of hydrogen-bond acceptors (Lipinski definition) is 3. The van der Waals surface area contributed by atoms with E-state index in [1.165, 1.54) is 0 Å². The molecule has 1 aromatic carbocycles. The third-order valence-corrected chi connectivity index (χ3v) is 8.82. The lowest BCUT2D eigenvalue weighted by Crippen LogP contribution is -2.43. The van der Waals surface area contributed by atoms with Gasteiger partial charge in [0.2, 0.25) is 14.2 Å². The molecule has 0 aliphatic heterocycles. The number of ether oxygens (including phenoxy) is 1. The first-order chi connectivity index (χ1) is 10.8. The number of hydrogen-bond donors (Lipinski definition) is 1. The molecule has 0 fully saturated rings. The lowest BCUT2D eigenvalue weighted by atomic mass is 10.2. The van der Waals surface area contributed by atoms with Crippen LogP contribution in [0.1, 0.15) is 26.3 Å². The molecular formula is C17H24Cl3NO2Si. The molecule has 7 heteroatoms. The van der Waals surface area contributed by atoms with Crippen molar-refractivity contribution in [2.24, 2.45) is 0 Å². The highest BCUT2D eigenvalue weighted by Gasteiger charge is 2.38. The zero-order chi connectivity index (χ0) is 18.6. The Morgan fingerprint density at radius 3 is 2.12 bits per heavy atom. The Balaban J connectivity index is 2.60. The normalized spacial score (nSPS) is 13.2. The Labute approximate surface area is 160 Å². The van der Waals surface area contributed by atoms with Crippen LogP contribution in [0.15, 0.2) is 30.3 Å². The maximum absolute atomic E-state index is 7.42.